The lowest BCUT2D eigenvalue weighted by molar-refractivity contribution is -0.149. The fraction of sp³-hybridized carbons (Fsp3) is 0.625. The maximum Gasteiger partial charge on any atom is 0.306 e. The molecule has 0 radical (unpaired) electrons. The lowest BCUT2D eigenvalue weighted by atomic mass is 9.87. The number of likely N-dealkylation sites (tertiary alicyclic amines) is 2. The SMILES string of the molecule is COC(=O)C[C@H](C(=O)N1CCC[C@H]1C(=O)Cc1nc([C@H]2CC[C@H](c3csc(CC(=O)[C@@H]4CCCN4C(=O)[C@@H](CC(=O)OC)C(C)C)n3)N2c2ccc(C(C)(C)C)cc2)cs1)C(C)C. The van der Waals surface area contributed by atoms with Gasteiger partial charge >= 0.3 is 11.9 Å². The van der Waals surface area contributed by atoms with E-state index >= 15 is 0 Å². The van der Waals surface area contributed by atoms with Gasteiger partial charge in [0.05, 0.1) is 87.3 Å². The van der Waals surface area contributed by atoms with E-state index in [1.165, 1.54) is 42.5 Å². The third kappa shape index (κ3) is 11.1. The van der Waals surface area contributed by atoms with Crippen LogP contribution in [0.2, 0.25) is 0 Å². The molecule has 0 spiro atoms. The summed E-state index contributed by atoms with van der Waals surface area (Å²) in [4.78, 5) is 95.4. The monoisotopic (exact) mass is 903 g/mol. The topological polar surface area (TPSA) is 156 Å². The van der Waals surface area contributed by atoms with Gasteiger partial charge in [0.15, 0.2) is 11.6 Å². The highest BCUT2D eigenvalue weighted by Crippen LogP contribution is 2.47. The summed E-state index contributed by atoms with van der Waals surface area (Å²) in [5.41, 5.74) is 3.99. The molecular formula is C48H65N5O8S2. The number of nitrogens with zero attached hydrogens (tertiary/aromatic N) is 5. The van der Waals surface area contributed by atoms with Crippen molar-refractivity contribution in [3.8, 4) is 0 Å². The van der Waals surface area contributed by atoms with Crippen molar-refractivity contribution in [2.24, 2.45) is 23.7 Å². The molecule has 3 aromatic rings. The van der Waals surface area contributed by atoms with Crippen LogP contribution in [0, 0.1) is 23.7 Å². The number of esters is 2. The highest BCUT2D eigenvalue weighted by molar-refractivity contribution is 7.10. The van der Waals surface area contributed by atoms with E-state index in [1.54, 1.807) is 9.80 Å². The zero-order valence-corrected chi connectivity index (χ0v) is 40.0. The van der Waals surface area contributed by atoms with Crippen molar-refractivity contribution >= 4 is 63.7 Å². The van der Waals surface area contributed by atoms with Gasteiger partial charge in [0.2, 0.25) is 11.8 Å². The molecule has 13 nitrogen and oxygen atoms in total. The fourth-order valence-electron chi connectivity index (χ4n) is 9.44. The molecule has 2 amide bonds. The molecule has 15 heteroatoms. The number of hydrogen-bond donors (Lipinski definition) is 0. The number of hydrogen-bond acceptors (Lipinski definition) is 13. The summed E-state index contributed by atoms with van der Waals surface area (Å²) in [6, 6.07) is 7.38. The summed E-state index contributed by atoms with van der Waals surface area (Å²) < 4.78 is 9.74. The second-order valence-corrected chi connectivity index (χ2v) is 21.0. The van der Waals surface area contributed by atoms with E-state index in [0.29, 0.717) is 35.9 Å². The lowest BCUT2D eigenvalue weighted by Crippen LogP contribution is -2.45. The number of methoxy groups -OCH3 is 2. The van der Waals surface area contributed by atoms with Gasteiger partial charge in [0.1, 0.15) is 10.0 Å². The predicted octanol–water partition coefficient (Wildman–Crippen LogP) is 7.86. The van der Waals surface area contributed by atoms with Crippen molar-refractivity contribution in [1.82, 2.24) is 19.8 Å². The van der Waals surface area contributed by atoms with E-state index in [1.807, 2.05) is 38.5 Å². The van der Waals surface area contributed by atoms with Gasteiger partial charge in [-0.2, -0.15) is 0 Å². The zero-order valence-electron chi connectivity index (χ0n) is 38.4. The lowest BCUT2D eigenvalue weighted by Gasteiger charge is -2.32. The minimum atomic E-state index is -0.554. The number of aromatic nitrogens is 2. The second kappa shape index (κ2) is 20.6. The van der Waals surface area contributed by atoms with E-state index in [9.17, 15) is 28.8 Å². The zero-order chi connectivity index (χ0) is 45.7. The van der Waals surface area contributed by atoms with Gasteiger partial charge in [-0.05, 0) is 73.5 Å². The van der Waals surface area contributed by atoms with Crippen LogP contribution in [0.1, 0.15) is 139 Å². The molecule has 0 N–H and O–H groups in total. The second-order valence-electron chi connectivity index (χ2n) is 19.1. The number of ketones is 2. The summed E-state index contributed by atoms with van der Waals surface area (Å²) in [5.74, 6) is -2.58. The number of rotatable bonds is 17. The number of anilines is 1. The normalized spacial score (nSPS) is 21.3. The highest BCUT2D eigenvalue weighted by atomic mass is 32.1. The molecule has 0 saturated carbocycles. The van der Waals surface area contributed by atoms with Gasteiger partial charge in [-0.3, -0.25) is 28.8 Å². The molecule has 3 aliphatic rings. The van der Waals surface area contributed by atoms with Crippen molar-refractivity contribution in [3.05, 3.63) is 62.0 Å². The average molecular weight is 904 g/mol. The van der Waals surface area contributed by atoms with Crippen molar-refractivity contribution in [3.63, 3.8) is 0 Å². The molecule has 63 heavy (non-hydrogen) atoms. The Morgan fingerprint density at radius 2 is 1.08 bits per heavy atom. The molecule has 342 valence electrons. The van der Waals surface area contributed by atoms with Gasteiger partial charge in [0, 0.05) is 29.5 Å². The molecule has 0 aliphatic carbocycles. The van der Waals surface area contributed by atoms with E-state index in [2.05, 4.69) is 49.9 Å². The van der Waals surface area contributed by atoms with Crippen LogP contribution in [0.15, 0.2) is 35.0 Å². The molecule has 3 aliphatic heterocycles. The maximum atomic E-state index is 13.9. The molecule has 3 fully saturated rings. The molecule has 5 heterocycles. The number of carbonyl (C=O) groups is 6. The Morgan fingerprint density at radius 1 is 0.667 bits per heavy atom. The van der Waals surface area contributed by atoms with Crippen molar-refractivity contribution in [2.45, 2.75) is 142 Å². The van der Waals surface area contributed by atoms with Gasteiger partial charge in [-0.15, -0.1) is 22.7 Å². The van der Waals surface area contributed by atoms with Crippen LogP contribution >= 0.6 is 22.7 Å². The summed E-state index contributed by atoms with van der Waals surface area (Å²) in [6.07, 6.45) is 4.44. The largest absolute Gasteiger partial charge is 0.469 e. The Labute approximate surface area is 380 Å². The number of Topliss-reactive ketones (excluding diaryl/α,β-unsaturated/α-hetero) is 2. The van der Waals surface area contributed by atoms with E-state index in [4.69, 9.17) is 19.4 Å². The van der Waals surface area contributed by atoms with E-state index < -0.39 is 35.9 Å². The first-order chi connectivity index (χ1) is 29.9. The van der Waals surface area contributed by atoms with Crippen LogP contribution in [-0.2, 0) is 56.5 Å². The fourth-order valence-corrected chi connectivity index (χ4v) is 11.1. The van der Waals surface area contributed by atoms with Crippen LogP contribution in [0.25, 0.3) is 0 Å². The van der Waals surface area contributed by atoms with Crippen molar-refractivity contribution < 1.29 is 38.2 Å². The molecule has 6 atom stereocenters. The molecule has 6 rings (SSSR count). The minimum Gasteiger partial charge on any atom is -0.469 e. The Bertz CT molecular complexity index is 2000. The Morgan fingerprint density at radius 3 is 1.44 bits per heavy atom. The molecule has 1 aromatic carbocycles. The summed E-state index contributed by atoms with van der Waals surface area (Å²) in [7, 11) is 2.64. The van der Waals surface area contributed by atoms with Gasteiger partial charge < -0.3 is 24.2 Å². The Hall–Kier alpha value is -4.50. The first kappa shape index (κ1) is 48.0. The van der Waals surface area contributed by atoms with Crippen LogP contribution in [0.5, 0.6) is 0 Å². The molecule has 3 saturated heterocycles. The summed E-state index contributed by atoms with van der Waals surface area (Å²) in [6.45, 7) is 15.2. The predicted molar refractivity (Wildman–Crippen MR) is 243 cm³/mol. The van der Waals surface area contributed by atoms with Crippen molar-refractivity contribution in [1.29, 1.82) is 0 Å². The van der Waals surface area contributed by atoms with Gasteiger partial charge in [0.25, 0.3) is 0 Å². The first-order valence-corrected chi connectivity index (χ1v) is 24.2. The number of thiazole rings is 2. The minimum absolute atomic E-state index is 0.0143. The average Bonchev–Trinajstić information content (AvgIpc) is 4.10. The highest BCUT2D eigenvalue weighted by Gasteiger charge is 2.42. The molecule has 0 bridgehead atoms. The number of amides is 2. The van der Waals surface area contributed by atoms with Gasteiger partial charge in [-0.1, -0.05) is 60.6 Å². The van der Waals surface area contributed by atoms with Crippen molar-refractivity contribution in [2.75, 3.05) is 32.2 Å². The third-order valence-corrected chi connectivity index (χ3v) is 14.9. The molecule has 2 aromatic heterocycles. The standard InChI is InChI=1S/C48H65N5O8S2/c1-28(2)32(22-44(56)60-8)46(58)51-20-10-12-38(51)40(54)24-42-49-34(26-62-42)36-18-19-37(53(36)31-16-14-30(15-17-31)48(5,6)7)35-27-63-43(50-35)25-41(55)39-13-11-21-52(39)47(59)33(29(3)4)23-45(57)61-9/h14-17,26-29,32-33,36-39H,10-13,18-25H2,1-9H3/t32-,33-,36+,37+,38-,39-/m0/s1. The number of benzene rings is 1. The number of ether oxygens (including phenoxy) is 2. The maximum absolute atomic E-state index is 13.9. The molecule has 0 unspecified atom stereocenters. The first-order valence-electron chi connectivity index (χ1n) is 22.5. The molecular weight excluding hydrogens is 839 g/mol. The third-order valence-electron chi connectivity index (χ3n) is 13.2. The Balaban J connectivity index is 1.19. The summed E-state index contributed by atoms with van der Waals surface area (Å²) >= 11 is 2.93. The van der Waals surface area contributed by atoms with Crippen LogP contribution in [0.4, 0.5) is 5.69 Å². The van der Waals surface area contributed by atoms with Crippen LogP contribution in [0.3, 0.4) is 0 Å². The number of carbonyl (C=O) groups excluding carboxylic acids is 6. The van der Waals surface area contributed by atoms with Crippen LogP contribution in [-0.4, -0.2) is 94.5 Å². The van der Waals surface area contributed by atoms with E-state index in [0.717, 1.165) is 42.8 Å². The van der Waals surface area contributed by atoms with E-state index in [-0.39, 0.29) is 78.4 Å². The quantitative estimate of drug-likeness (QED) is 0.122. The van der Waals surface area contributed by atoms with Crippen LogP contribution < -0.4 is 4.90 Å². The Kier molecular flexibility index (Phi) is 15.6. The smallest absolute Gasteiger partial charge is 0.306 e. The van der Waals surface area contributed by atoms with Gasteiger partial charge in [-0.25, -0.2) is 9.97 Å². The summed E-state index contributed by atoms with van der Waals surface area (Å²) in [5, 5.41) is 5.50.